The van der Waals surface area contributed by atoms with Crippen molar-refractivity contribution in [2.24, 2.45) is 0 Å². The zero-order valence-electron chi connectivity index (χ0n) is 13.6. The SMILES string of the molecule is Cc1cn([C@@H]2O[C@H](COP(=O)(O)O)[C@@H](O)[C@H]2OP(C)(=O)O)c(=O)[nH]c1=O. The second-order valence-corrected chi connectivity index (χ2v) is 8.75. The molecule has 1 aliphatic heterocycles. The van der Waals surface area contributed by atoms with Gasteiger partial charge in [0.15, 0.2) is 6.23 Å². The Kier molecular flexibility index (Phi) is 6.08. The van der Waals surface area contributed by atoms with Crippen molar-refractivity contribution < 1.29 is 42.7 Å². The fourth-order valence-electron chi connectivity index (χ4n) is 2.36. The summed E-state index contributed by atoms with van der Waals surface area (Å²) in [6.45, 7) is 1.45. The van der Waals surface area contributed by atoms with Crippen molar-refractivity contribution in [2.75, 3.05) is 13.3 Å². The predicted molar refractivity (Wildman–Crippen MR) is 84.6 cm³/mol. The third kappa shape index (κ3) is 5.19. The van der Waals surface area contributed by atoms with Gasteiger partial charge in [0, 0.05) is 18.4 Å². The van der Waals surface area contributed by atoms with E-state index in [0.717, 1.165) is 17.4 Å². The topological polar surface area (TPSA) is 198 Å². The van der Waals surface area contributed by atoms with Crippen LogP contribution >= 0.6 is 15.4 Å². The largest absolute Gasteiger partial charge is 0.469 e. The van der Waals surface area contributed by atoms with E-state index in [-0.39, 0.29) is 5.56 Å². The number of rotatable bonds is 6. The summed E-state index contributed by atoms with van der Waals surface area (Å²) in [5, 5.41) is 10.3. The zero-order valence-corrected chi connectivity index (χ0v) is 15.4. The summed E-state index contributed by atoms with van der Waals surface area (Å²) in [4.78, 5) is 52.4. The molecule has 15 heteroatoms. The van der Waals surface area contributed by atoms with Gasteiger partial charge in [-0.25, -0.2) is 9.36 Å². The number of hydrogen-bond donors (Lipinski definition) is 5. The molecule has 5 N–H and O–H groups in total. The van der Waals surface area contributed by atoms with E-state index in [9.17, 15) is 28.7 Å². The van der Waals surface area contributed by atoms with Gasteiger partial charge < -0.3 is 24.5 Å². The number of H-pyrrole nitrogens is 1. The average molecular weight is 416 g/mol. The van der Waals surface area contributed by atoms with Gasteiger partial charge in [-0.1, -0.05) is 0 Å². The highest BCUT2D eigenvalue weighted by molar-refractivity contribution is 7.51. The molecule has 1 unspecified atom stereocenters. The lowest BCUT2D eigenvalue weighted by Crippen LogP contribution is -2.39. The average Bonchev–Trinajstić information content (AvgIpc) is 2.75. The molecule has 0 bridgehead atoms. The van der Waals surface area contributed by atoms with Crippen molar-refractivity contribution in [2.45, 2.75) is 31.5 Å². The molecule has 2 heterocycles. The van der Waals surface area contributed by atoms with E-state index < -0.39 is 57.8 Å². The molecule has 0 aliphatic carbocycles. The van der Waals surface area contributed by atoms with Crippen LogP contribution in [0, 0.1) is 6.92 Å². The summed E-state index contributed by atoms with van der Waals surface area (Å²) in [5.41, 5.74) is -1.49. The Morgan fingerprint density at radius 3 is 2.46 bits per heavy atom. The maximum atomic E-state index is 12.0. The van der Waals surface area contributed by atoms with E-state index in [0.29, 0.717) is 0 Å². The van der Waals surface area contributed by atoms with Gasteiger partial charge in [-0.2, -0.15) is 0 Å². The van der Waals surface area contributed by atoms with Crippen LogP contribution in [0.3, 0.4) is 0 Å². The maximum Gasteiger partial charge on any atom is 0.469 e. The van der Waals surface area contributed by atoms with Gasteiger partial charge in [-0.15, -0.1) is 0 Å². The molecule has 1 aromatic heterocycles. The maximum absolute atomic E-state index is 12.0. The predicted octanol–water partition coefficient (Wildman–Crippen LogP) is -1.59. The minimum Gasteiger partial charge on any atom is -0.387 e. The molecular weight excluding hydrogens is 398 g/mol. The molecule has 1 aliphatic rings. The standard InChI is InChI=1S/C11H18N2O11P2/c1-5-3-13(11(16)12-9(5)15)10-8(24-25(2,17)18)7(14)6(23-10)4-22-26(19,20)21/h3,6-8,10,14H,4H2,1-2H3,(H,17,18)(H,12,15,16)(H2,19,20,21)/t6-,7-,8-,10-/m1/s1. The summed E-state index contributed by atoms with van der Waals surface area (Å²) in [6.07, 6.45) is -4.96. The van der Waals surface area contributed by atoms with Gasteiger partial charge in [0.25, 0.3) is 5.56 Å². The van der Waals surface area contributed by atoms with Gasteiger partial charge in [0.2, 0.25) is 0 Å². The number of aliphatic hydroxyl groups is 1. The van der Waals surface area contributed by atoms with Crippen molar-refractivity contribution in [3.8, 4) is 0 Å². The number of aromatic nitrogens is 2. The van der Waals surface area contributed by atoms with Crippen molar-refractivity contribution in [1.82, 2.24) is 9.55 Å². The Morgan fingerprint density at radius 2 is 1.92 bits per heavy atom. The lowest BCUT2D eigenvalue weighted by atomic mass is 10.1. The number of ether oxygens (including phenoxy) is 1. The first-order chi connectivity index (χ1) is 11.8. The van der Waals surface area contributed by atoms with Crippen LogP contribution in [0.25, 0.3) is 0 Å². The number of nitrogens with one attached hydrogen (secondary N) is 1. The monoisotopic (exact) mass is 416 g/mol. The smallest absolute Gasteiger partial charge is 0.387 e. The summed E-state index contributed by atoms with van der Waals surface area (Å²) < 4.78 is 37.8. The van der Waals surface area contributed by atoms with Crippen LogP contribution in [0.1, 0.15) is 11.8 Å². The molecule has 0 amide bonds. The van der Waals surface area contributed by atoms with E-state index in [4.69, 9.17) is 19.0 Å². The molecule has 1 fully saturated rings. The molecule has 13 nitrogen and oxygen atoms in total. The summed E-state index contributed by atoms with van der Waals surface area (Å²) in [7, 11) is -9.02. The minimum absolute atomic E-state index is 0.111. The number of aromatic amines is 1. The molecule has 0 radical (unpaired) electrons. The number of phosphoric ester groups is 1. The highest BCUT2D eigenvalue weighted by Crippen LogP contribution is 2.45. The Bertz CT molecular complexity index is 868. The first-order valence-electron chi connectivity index (χ1n) is 7.13. The molecule has 148 valence electrons. The second kappa shape index (κ2) is 7.47. The lowest BCUT2D eigenvalue weighted by molar-refractivity contribution is -0.0522. The fourth-order valence-corrected chi connectivity index (χ4v) is 3.39. The zero-order chi connectivity index (χ0) is 19.9. The normalized spacial score (nSPS) is 28.8. The van der Waals surface area contributed by atoms with Crippen LogP contribution in [-0.2, 0) is 22.9 Å². The van der Waals surface area contributed by atoms with Crippen LogP contribution in [-0.4, -0.2) is 60.9 Å². The summed E-state index contributed by atoms with van der Waals surface area (Å²) in [5.74, 6) is 0. The van der Waals surface area contributed by atoms with Crippen molar-refractivity contribution in [3.05, 3.63) is 32.6 Å². The van der Waals surface area contributed by atoms with Crippen LogP contribution in [0.4, 0.5) is 0 Å². The van der Waals surface area contributed by atoms with Gasteiger partial charge >= 0.3 is 21.1 Å². The van der Waals surface area contributed by atoms with Crippen LogP contribution < -0.4 is 11.2 Å². The van der Waals surface area contributed by atoms with Crippen LogP contribution in [0.2, 0.25) is 0 Å². The number of hydrogen-bond acceptors (Lipinski definition) is 8. The van der Waals surface area contributed by atoms with Crippen LogP contribution in [0.5, 0.6) is 0 Å². The molecule has 1 aromatic rings. The van der Waals surface area contributed by atoms with Gasteiger partial charge in [-0.05, 0) is 6.92 Å². The molecule has 0 aromatic carbocycles. The quantitative estimate of drug-likeness (QED) is 0.335. The van der Waals surface area contributed by atoms with Gasteiger partial charge in [0.05, 0.1) is 6.61 Å². The second-order valence-electron chi connectivity index (χ2n) is 5.69. The number of aliphatic hydroxyl groups excluding tert-OH is 1. The molecule has 1 saturated heterocycles. The Hall–Kier alpha value is -1.14. The fraction of sp³-hybridized carbons (Fsp3) is 0.636. The third-order valence-electron chi connectivity index (χ3n) is 3.46. The van der Waals surface area contributed by atoms with Gasteiger partial charge in [0.1, 0.15) is 18.3 Å². The Morgan fingerprint density at radius 1 is 1.31 bits per heavy atom. The van der Waals surface area contributed by atoms with E-state index in [1.807, 2.05) is 4.98 Å². The first kappa shape index (κ1) is 21.2. The molecule has 2 rings (SSSR count). The van der Waals surface area contributed by atoms with Crippen molar-refractivity contribution in [1.29, 1.82) is 0 Å². The van der Waals surface area contributed by atoms with Crippen LogP contribution in [0.15, 0.2) is 15.8 Å². The summed E-state index contributed by atoms with van der Waals surface area (Å²) in [6, 6.07) is 0. The van der Waals surface area contributed by atoms with E-state index in [1.165, 1.54) is 6.92 Å². The van der Waals surface area contributed by atoms with E-state index >= 15 is 0 Å². The molecule has 5 atom stereocenters. The third-order valence-corrected chi connectivity index (χ3v) is 4.58. The Labute approximate surface area is 145 Å². The number of nitrogens with zero attached hydrogens (tertiary/aromatic N) is 1. The molecule has 0 saturated carbocycles. The van der Waals surface area contributed by atoms with Gasteiger partial charge in [-0.3, -0.25) is 28.0 Å². The Balaban J connectivity index is 2.39. The molecular formula is C11H18N2O11P2. The van der Waals surface area contributed by atoms with Crippen molar-refractivity contribution >= 4 is 15.4 Å². The first-order valence-corrected chi connectivity index (χ1v) is 10.7. The lowest BCUT2D eigenvalue weighted by Gasteiger charge is -2.23. The molecule has 26 heavy (non-hydrogen) atoms. The summed E-state index contributed by atoms with van der Waals surface area (Å²) >= 11 is 0. The highest BCUT2D eigenvalue weighted by Gasteiger charge is 2.48. The highest BCUT2D eigenvalue weighted by atomic mass is 31.2. The van der Waals surface area contributed by atoms with Crippen molar-refractivity contribution in [3.63, 3.8) is 0 Å². The van der Waals surface area contributed by atoms with E-state index in [2.05, 4.69) is 4.52 Å². The number of aryl methyl sites for hydroxylation is 1. The molecule has 0 spiro atoms. The van der Waals surface area contributed by atoms with E-state index in [1.54, 1.807) is 0 Å². The number of phosphoric acid groups is 1. The minimum atomic E-state index is -4.87.